The van der Waals surface area contributed by atoms with Crippen molar-refractivity contribution in [3.63, 3.8) is 0 Å². The topological polar surface area (TPSA) is 12.0 Å². The number of rotatable bonds is 7. The summed E-state index contributed by atoms with van der Waals surface area (Å²) in [6.07, 6.45) is 6.23. The maximum absolute atomic E-state index is 13.5. The zero-order chi connectivity index (χ0) is 13.5. The monoisotopic (exact) mass is 315 g/mol. The lowest BCUT2D eigenvalue weighted by Gasteiger charge is -2.17. The fourth-order valence-electron chi connectivity index (χ4n) is 2.02. The van der Waals surface area contributed by atoms with Crippen molar-refractivity contribution in [2.45, 2.75) is 58.9 Å². The van der Waals surface area contributed by atoms with E-state index in [2.05, 4.69) is 35.1 Å². The van der Waals surface area contributed by atoms with Gasteiger partial charge in [-0.05, 0) is 53.9 Å². The fraction of sp³-hybridized carbons (Fsp3) is 0.600. The first-order valence-electron chi connectivity index (χ1n) is 6.76. The minimum absolute atomic E-state index is 0.207. The second kappa shape index (κ2) is 7.78. The lowest BCUT2D eigenvalue weighted by Crippen LogP contribution is -2.15. The van der Waals surface area contributed by atoms with Crippen molar-refractivity contribution in [3.05, 3.63) is 28.0 Å². The van der Waals surface area contributed by atoms with Gasteiger partial charge in [-0.1, -0.05) is 32.6 Å². The fourth-order valence-corrected chi connectivity index (χ4v) is 2.47. The van der Waals surface area contributed by atoms with Crippen LogP contribution in [0.1, 0.15) is 51.5 Å². The molecule has 0 fully saturated rings. The summed E-state index contributed by atoms with van der Waals surface area (Å²) >= 11 is 3.20. The highest BCUT2D eigenvalue weighted by molar-refractivity contribution is 9.10. The molecule has 18 heavy (non-hydrogen) atoms. The van der Waals surface area contributed by atoms with Crippen molar-refractivity contribution in [1.29, 1.82) is 0 Å². The van der Waals surface area contributed by atoms with Gasteiger partial charge in [0.2, 0.25) is 0 Å². The standard InChI is InChI=1S/C15H23BrFN/c1-4-5-6-7-8-12(3)18-15-10-14(17)13(16)9-11(15)2/h9-10,12,18H,4-8H2,1-3H3. The molecule has 0 saturated heterocycles. The molecule has 1 unspecified atom stereocenters. The first-order chi connectivity index (χ1) is 8.54. The lowest BCUT2D eigenvalue weighted by atomic mass is 10.1. The number of benzene rings is 1. The van der Waals surface area contributed by atoms with Crippen molar-refractivity contribution in [2.24, 2.45) is 0 Å². The molecule has 0 bridgehead atoms. The third-order valence-electron chi connectivity index (χ3n) is 3.16. The summed E-state index contributed by atoms with van der Waals surface area (Å²) in [5.41, 5.74) is 1.97. The number of halogens is 2. The third kappa shape index (κ3) is 4.97. The number of unbranched alkanes of at least 4 members (excludes halogenated alkanes) is 3. The maximum Gasteiger partial charge on any atom is 0.139 e. The van der Waals surface area contributed by atoms with Crippen LogP contribution in [0.15, 0.2) is 16.6 Å². The minimum atomic E-state index is -0.207. The largest absolute Gasteiger partial charge is 0.382 e. The van der Waals surface area contributed by atoms with E-state index in [4.69, 9.17) is 0 Å². The van der Waals surface area contributed by atoms with Gasteiger partial charge in [-0.25, -0.2) is 4.39 Å². The quantitative estimate of drug-likeness (QED) is 0.639. The van der Waals surface area contributed by atoms with Crippen molar-refractivity contribution >= 4 is 21.6 Å². The Kier molecular flexibility index (Phi) is 6.69. The molecular weight excluding hydrogens is 293 g/mol. The summed E-state index contributed by atoms with van der Waals surface area (Å²) in [6.45, 7) is 6.37. The first kappa shape index (κ1) is 15.5. The molecule has 1 N–H and O–H groups in total. The Balaban J connectivity index is 2.48. The van der Waals surface area contributed by atoms with Gasteiger partial charge in [0.15, 0.2) is 0 Å². The number of anilines is 1. The smallest absolute Gasteiger partial charge is 0.139 e. The first-order valence-corrected chi connectivity index (χ1v) is 7.56. The molecule has 0 heterocycles. The lowest BCUT2D eigenvalue weighted by molar-refractivity contribution is 0.592. The molecule has 1 nitrogen and oxygen atoms in total. The predicted molar refractivity (Wildman–Crippen MR) is 80.7 cm³/mol. The summed E-state index contributed by atoms with van der Waals surface area (Å²) in [4.78, 5) is 0. The molecule has 0 saturated carbocycles. The molecule has 1 rings (SSSR count). The van der Waals surface area contributed by atoms with Gasteiger partial charge in [-0.3, -0.25) is 0 Å². The van der Waals surface area contributed by atoms with Gasteiger partial charge in [-0.2, -0.15) is 0 Å². The van der Waals surface area contributed by atoms with Crippen LogP contribution in [0.4, 0.5) is 10.1 Å². The second-order valence-corrected chi connectivity index (χ2v) is 5.83. The van der Waals surface area contributed by atoms with Crippen molar-refractivity contribution in [2.75, 3.05) is 5.32 Å². The van der Waals surface area contributed by atoms with Crippen LogP contribution in [0.25, 0.3) is 0 Å². The van der Waals surface area contributed by atoms with Crippen LogP contribution < -0.4 is 5.32 Å². The molecule has 0 aromatic heterocycles. The van der Waals surface area contributed by atoms with E-state index in [9.17, 15) is 4.39 Å². The van der Waals surface area contributed by atoms with Crippen LogP contribution >= 0.6 is 15.9 Å². The van der Waals surface area contributed by atoms with Crippen LogP contribution in [0.3, 0.4) is 0 Å². The van der Waals surface area contributed by atoms with Gasteiger partial charge in [0.1, 0.15) is 5.82 Å². The van der Waals surface area contributed by atoms with Crippen molar-refractivity contribution in [1.82, 2.24) is 0 Å². The van der Waals surface area contributed by atoms with E-state index in [0.717, 1.165) is 17.7 Å². The maximum atomic E-state index is 13.5. The molecule has 3 heteroatoms. The van der Waals surface area contributed by atoms with Gasteiger partial charge >= 0.3 is 0 Å². The van der Waals surface area contributed by atoms with Gasteiger partial charge in [0, 0.05) is 11.7 Å². The highest BCUT2D eigenvalue weighted by Crippen LogP contribution is 2.25. The Labute approximate surface area is 118 Å². The van der Waals surface area contributed by atoms with Crippen molar-refractivity contribution in [3.8, 4) is 0 Å². The van der Waals surface area contributed by atoms with Gasteiger partial charge in [0.05, 0.1) is 4.47 Å². The molecule has 0 spiro atoms. The van der Waals surface area contributed by atoms with Crippen LogP contribution in [0.2, 0.25) is 0 Å². The summed E-state index contributed by atoms with van der Waals surface area (Å²) in [6, 6.07) is 3.78. The van der Waals surface area contributed by atoms with Crippen LogP contribution in [-0.2, 0) is 0 Å². The Bertz CT molecular complexity index is 379. The van der Waals surface area contributed by atoms with Gasteiger partial charge in [-0.15, -0.1) is 0 Å². The second-order valence-electron chi connectivity index (χ2n) is 4.98. The molecule has 1 aromatic rings. The predicted octanol–water partition coefficient (Wildman–Crippen LogP) is 5.67. The van der Waals surface area contributed by atoms with E-state index >= 15 is 0 Å². The van der Waals surface area contributed by atoms with E-state index in [1.54, 1.807) is 6.07 Å². The summed E-state index contributed by atoms with van der Waals surface area (Å²) < 4.78 is 14.0. The van der Waals surface area contributed by atoms with E-state index < -0.39 is 0 Å². The Morgan fingerprint density at radius 1 is 1.28 bits per heavy atom. The number of aryl methyl sites for hydroxylation is 1. The molecule has 0 radical (unpaired) electrons. The Morgan fingerprint density at radius 2 is 2.00 bits per heavy atom. The van der Waals surface area contributed by atoms with Crippen LogP contribution in [0.5, 0.6) is 0 Å². The van der Waals surface area contributed by atoms with Crippen LogP contribution in [0, 0.1) is 12.7 Å². The molecule has 1 atom stereocenters. The van der Waals surface area contributed by atoms with Crippen molar-refractivity contribution < 1.29 is 4.39 Å². The summed E-state index contributed by atoms with van der Waals surface area (Å²) in [7, 11) is 0. The van der Waals surface area contributed by atoms with Gasteiger partial charge in [0.25, 0.3) is 0 Å². The number of hydrogen-bond acceptors (Lipinski definition) is 1. The van der Waals surface area contributed by atoms with E-state index in [1.165, 1.54) is 25.7 Å². The number of hydrogen-bond donors (Lipinski definition) is 1. The molecule has 0 aliphatic carbocycles. The molecule has 1 aromatic carbocycles. The summed E-state index contributed by atoms with van der Waals surface area (Å²) in [5, 5.41) is 3.39. The number of nitrogens with one attached hydrogen (secondary N) is 1. The average molecular weight is 316 g/mol. The molecule has 0 aliphatic rings. The van der Waals surface area contributed by atoms with Crippen LogP contribution in [-0.4, -0.2) is 6.04 Å². The molecular formula is C15H23BrFN. The van der Waals surface area contributed by atoms with E-state index in [1.807, 2.05) is 13.0 Å². The SMILES string of the molecule is CCCCCCC(C)Nc1cc(F)c(Br)cc1C. The van der Waals surface area contributed by atoms with E-state index in [0.29, 0.717) is 10.5 Å². The molecule has 0 aliphatic heterocycles. The Morgan fingerprint density at radius 3 is 2.67 bits per heavy atom. The third-order valence-corrected chi connectivity index (χ3v) is 3.77. The van der Waals surface area contributed by atoms with Gasteiger partial charge < -0.3 is 5.32 Å². The highest BCUT2D eigenvalue weighted by atomic mass is 79.9. The minimum Gasteiger partial charge on any atom is -0.382 e. The molecule has 102 valence electrons. The normalized spacial score (nSPS) is 12.5. The zero-order valence-electron chi connectivity index (χ0n) is 11.5. The average Bonchev–Trinajstić information content (AvgIpc) is 2.32. The highest BCUT2D eigenvalue weighted by Gasteiger charge is 2.08. The zero-order valence-corrected chi connectivity index (χ0v) is 13.1. The summed E-state index contributed by atoms with van der Waals surface area (Å²) in [5.74, 6) is -0.207. The van der Waals surface area contributed by atoms with E-state index in [-0.39, 0.29) is 5.82 Å². The Hall–Kier alpha value is -0.570. The molecule has 0 amide bonds.